The summed E-state index contributed by atoms with van der Waals surface area (Å²) in [6, 6.07) is 1.85. The minimum atomic E-state index is -3.54. The zero-order valence-corrected chi connectivity index (χ0v) is 14.2. The largest absolute Gasteiger partial charge is 0.313 e. The number of hydrogen-bond acceptors (Lipinski definition) is 5. The maximum absolute atomic E-state index is 12.3. The minimum absolute atomic E-state index is 0. The van der Waals surface area contributed by atoms with E-state index in [0.717, 1.165) is 30.5 Å². The fourth-order valence-corrected chi connectivity index (χ4v) is 3.71. The van der Waals surface area contributed by atoms with Crippen LogP contribution in [0.2, 0.25) is 0 Å². The Hall–Kier alpha value is -1.22. The monoisotopic (exact) mass is 345 g/mol. The van der Waals surface area contributed by atoms with Crippen LogP contribution in [-0.4, -0.2) is 42.3 Å². The van der Waals surface area contributed by atoms with Crippen LogP contribution in [0.25, 0.3) is 11.0 Å². The number of pyridine rings is 1. The first-order valence-corrected chi connectivity index (χ1v) is 8.48. The van der Waals surface area contributed by atoms with E-state index in [9.17, 15) is 8.42 Å². The Balaban J connectivity index is 0.00000176. The lowest BCUT2D eigenvalue weighted by molar-refractivity contribution is 0.551. The lowest BCUT2D eigenvalue weighted by Gasteiger charge is -2.11. The minimum Gasteiger partial charge on any atom is -0.313 e. The molecular weight excluding hydrogens is 326 g/mol. The van der Waals surface area contributed by atoms with E-state index in [2.05, 4.69) is 20.1 Å². The number of aryl methyl sites for hydroxylation is 2. The van der Waals surface area contributed by atoms with E-state index in [4.69, 9.17) is 0 Å². The summed E-state index contributed by atoms with van der Waals surface area (Å²) >= 11 is 0. The van der Waals surface area contributed by atoms with Gasteiger partial charge in [0.25, 0.3) is 0 Å². The SMILES string of the molecule is Cc1nn(C)c2ncc(S(=O)(=O)NCC3CCCN3)cc12.Cl. The maximum Gasteiger partial charge on any atom is 0.242 e. The predicted octanol–water partition coefficient (Wildman–Crippen LogP) is 0.729. The third-order valence-corrected chi connectivity index (χ3v) is 5.22. The zero-order chi connectivity index (χ0) is 15.0. The van der Waals surface area contributed by atoms with Crippen LogP contribution in [0.5, 0.6) is 0 Å². The Labute approximate surface area is 136 Å². The summed E-state index contributed by atoms with van der Waals surface area (Å²) in [6.45, 7) is 3.21. The van der Waals surface area contributed by atoms with E-state index < -0.39 is 10.0 Å². The number of nitrogens with one attached hydrogen (secondary N) is 2. The number of fused-ring (bicyclic) bond motifs is 1. The highest BCUT2D eigenvalue weighted by molar-refractivity contribution is 7.89. The highest BCUT2D eigenvalue weighted by Crippen LogP contribution is 2.19. The molecule has 1 unspecified atom stereocenters. The van der Waals surface area contributed by atoms with E-state index >= 15 is 0 Å². The first-order valence-electron chi connectivity index (χ1n) is 7.00. The zero-order valence-electron chi connectivity index (χ0n) is 12.5. The van der Waals surface area contributed by atoms with Crippen molar-refractivity contribution in [3.8, 4) is 0 Å². The summed E-state index contributed by atoms with van der Waals surface area (Å²) in [4.78, 5) is 4.40. The molecule has 1 aliphatic rings. The fourth-order valence-electron chi connectivity index (χ4n) is 2.66. The Morgan fingerprint density at radius 1 is 1.50 bits per heavy atom. The highest BCUT2D eigenvalue weighted by atomic mass is 35.5. The highest BCUT2D eigenvalue weighted by Gasteiger charge is 2.20. The second-order valence-corrected chi connectivity index (χ2v) is 7.16. The number of rotatable bonds is 4. The predicted molar refractivity (Wildman–Crippen MR) is 86.7 cm³/mol. The molecule has 1 aliphatic heterocycles. The summed E-state index contributed by atoms with van der Waals surface area (Å²) in [5, 5.41) is 8.28. The quantitative estimate of drug-likeness (QED) is 0.852. The summed E-state index contributed by atoms with van der Waals surface area (Å²) in [6.07, 6.45) is 3.48. The van der Waals surface area contributed by atoms with Crippen LogP contribution in [0.4, 0.5) is 0 Å². The van der Waals surface area contributed by atoms with Crippen molar-refractivity contribution in [1.29, 1.82) is 0 Å². The van der Waals surface area contributed by atoms with Crippen molar-refractivity contribution in [2.24, 2.45) is 7.05 Å². The van der Waals surface area contributed by atoms with Crippen molar-refractivity contribution >= 4 is 33.5 Å². The van der Waals surface area contributed by atoms with E-state index in [-0.39, 0.29) is 23.3 Å². The molecule has 22 heavy (non-hydrogen) atoms. The van der Waals surface area contributed by atoms with Gasteiger partial charge in [0.1, 0.15) is 4.90 Å². The Kier molecular flexibility index (Phi) is 5.06. The van der Waals surface area contributed by atoms with E-state index in [1.54, 1.807) is 17.8 Å². The Morgan fingerprint density at radius 2 is 2.27 bits per heavy atom. The molecule has 0 aromatic carbocycles. The molecule has 2 aromatic heterocycles. The van der Waals surface area contributed by atoms with Crippen molar-refractivity contribution in [3.05, 3.63) is 18.0 Å². The molecule has 3 rings (SSSR count). The number of aromatic nitrogens is 3. The van der Waals surface area contributed by atoms with E-state index in [1.807, 2.05) is 6.92 Å². The summed E-state index contributed by atoms with van der Waals surface area (Å²) in [5.41, 5.74) is 1.46. The topological polar surface area (TPSA) is 88.9 Å². The molecule has 1 atom stereocenters. The normalized spacial score (nSPS) is 18.5. The van der Waals surface area contributed by atoms with Gasteiger partial charge in [0, 0.05) is 31.2 Å². The van der Waals surface area contributed by atoms with E-state index in [1.165, 1.54) is 6.20 Å². The molecule has 0 bridgehead atoms. The van der Waals surface area contributed by atoms with Crippen LogP contribution in [-0.2, 0) is 17.1 Å². The van der Waals surface area contributed by atoms with Crippen LogP contribution in [0, 0.1) is 6.92 Å². The molecular formula is C13H20ClN5O2S. The molecule has 0 aliphatic carbocycles. The summed E-state index contributed by atoms with van der Waals surface area (Å²) in [7, 11) is -1.74. The molecule has 0 radical (unpaired) electrons. The van der Waals surface area contributed by atoms with Crippen LogP contribution < -0.4 is 10.0 Å². The van der Waals surface area contributed by atoms with Crippen molar-refractivity contribution in [2.45, 2.75) is 30.7 Å². The average Bonchev–Trinajstić information content (AvgIpc) is 3.06. The first-order chi connectivity index (χ1) is 9.97. The van der Waals surface area contributed by atoms with Gasteiger partial charge in [-0.1, -0.05) is 0 Å². The van der Waals surface area contributed by atoms with Gasteiger partial charge in [0.05, 0.1) is 5.69 Å². The smallest absolute Gasteiger partial charge is 0.242 e. The molecule has 0 spiro atoms. The van der Waals surface area contributed by atoms with Gasteiger partial charge in [-0.2, -0.15) is 5.10 Å². The molecule has 1 fully saturated rings. The number of hydrogen-bond donors (Lipinski definition) is 2. The summed E-state index contributed by atoms with van der Waals surface area (Å²) < 4.78 is 29.0. The lowest BCUT2D eigenvalue weighted by Crippen LogP contribution is -2.37. The number of halogens is 1. The van der Waals surface area contributed by atoms with Gasteiger partial charge >= 0.3 is 0 Å². The molecule has 3 heterocycles. The third-order valence-electron chi connectivity index (χ3n) is 3.83. The third kappa shape index (κ3) is 3.24. The Morgan fingerprint density at radius 3 is 2.95 bits per heavy atom. The lowest BCUT2D eigenvalue weighted by atomic mass is 10.2. The van der Waals surface area contributed by atoms with Crippen LogP contribution in [0.3, 0.4) is 0 Å². The van der Waals surface area contributed by atoms with Crippen LogP contribution >= 0.6 is 12.4 Å². The van der Waals surface area contributed by atoms with Crippen molar-refractivity contribution in [2.75, 3.05) is 13.1 Å². The van der Waals surface area contributed by atoms with Crippen molar-refractivity contribution < 1.29 is 8.42 Å². The van der Waals surface area contributed by atoms with Crippen molar-refractivity contribution in [1.82, 2.24) is 24.8 Å². The van der Waals surface area contributed by atoms with Crippen LogP contribution in [0.1, 0.15) is 18.5 Å². The molecule has 9 heteroatoms. The number of nitrogens with zero attached hydrogens (tertiary/aromatic N) is 3. The van der Waals surface area contributed by atoms with Crippen molar-refractivity contribution in [3.63, 3.8) is 0 Å². The van der Waals surface area contributed by atoms with Crippen LogP contribution in [0.15, 0.2) is 17.2 Å². The molecule has 0 saturated carbocycles. The van der Waals surface area contributed by atoms with Gasteiger partial charge in [-0.05, 0) is 32.4 Å². The first kappa shape index (κ1) is 17.1. The second-order valence-electron chi connectivity index (χ2n) is 5.40. The van der Waals surface area contributed by atoms with E-state index in [0.29, 0.717) is 12.2 Å². The van der Waals surface area contributed by atoms with Gasteiger partial charge in [-0.15, -0.1) is 12.4 Å². The molecule has 0 amide bonds. The van der Waals surface area contributed by atoms with Gasteiger partial charge in [0.15, 0.2) is 5.65 Å². The molecule has 2 N–H and O–H groups in total. The maximum atomic E-state index is 12.3. The molecule has 122 valence electrons. The molecule has 7 nitrogen and oxygen atoms in total. The fraction of sp³-hybridized carbons (Fsp3) is 0.538. The van der Waals surface area contributed by atoms with Gasteiger partial charge in [0.2, 0.25) is 10.0 Å². The second kappa shape index (κ2) is 6.49. The van der Waals surface area contributed by atoms with Gasteiger partial charge in [-0.3, -0.25) is 4.68 Å². The number of sulfonamides is 1. The standard InChI is InChI=1S/C13H19N5O2S.ClH/c1-9-12-6-11(8-15-13(12)18(2)17-9)21(19,20)16-7-10-4-3-5-14-10;/h6,8,10,14,16H,3-5,7H2,1-2H3;1H. The Bertz CT molecular complexity index is 768. The van der Waals surface area contributed by atoms with Gasteiger partial charge in [-0.25, -0.2) is 18.1 Å². The molecule has 2 aromatic rings. The average molecular weight is 346 g/mol. The summed E-state index contributed by atoms with van der Waals surface area (Å²) in [5.74, 6) is 0. The molecule has 1 saturated heterocycles. The van der Waals surface area contributed by atoms with Gasteiger partial charge < -0.3 is 5.32 Å².